The van der Waals surface area contributed by atoms with Gasteiger partial charge in [-0.15, -0.1) is 0 Å². The van der Waals surface area contributed by atoms with E-state index in [1.165, 1.54) is 0 Å². The van der Waals surface area contributed by atoms with Gasteiger partial charge in [0.15, 0.2) is 0 Å². The molecule has 0 unspecified atom stereocenters. The Hall–Kier alpha value is -1.29. The lowest BCUT2D eigenvalue weighted by Crippen LogP contribution is -2.27. The van der Waals surface area contributed by atoms with E-state index in [2.05, 4.69) is 24.1 Å². The van der Waals surface area contributed by atoms with Crippen LogP contribution in [0.15, 0.2) is 12.1 Å². The molecule has 1 heterocycles. The first kappa shape index (κ1) is 16.8. The summed E-state index contributed by atoms with van der Waals surface area (Å²) in [5.41, 5.74) is 0.586. The number of nitrogens with one attached hydrogen (secondary N) is 1. The first-order chi connectivity index (χ1) is 9.58. The van der Waals surface area contributed by atoms with Crippen LogP contribution in [0.25, 0.3) is 0 Å². The smallest absolute Gasteiger partial charge is 0.253 e. The highest BCUT2D eigenvalue weighted by molar-refractivity contribution is 6.29. The second kappa shape index (κ2) is 8.80. The van der Waals surface area contributed by atoms with Gasteiger partial charge < -0.3 is 10.2 Å². The average molecular weight is 298 g/mol. The van der Waals surface area contributed by atoms with Crippen molar-refractivity contribution in [2.75, 3.05) is 25.5 Å². The zero-order valence-electron chi connectivity index (χ0n) is 12.6. The van der Waals surface area contributed by atoms with E-state index in [4.69, 9.17) is 11.6 Å². The maximum atomic E-state index is 12.3. The molecule has 0 aromatic carbocycles. The van der Waals surface area contributed by atoms with Crippen LogP contribution in [-0.2, 0) is 0 Å². The fourth-order valence-electron chi connectivity index (χ4n) is 1.88. The number of halogens is 1. The predicted molar refractivity (Wildman–Crippen MR) is 84.5 cm³/mol. The molecule has 0 radical (unpaired) electrons. The molecular formula is C15H24ClN3O. The minimum atomic E-state index is -0.00930. The molecule has 20 heavy (non-hydrogen) atoms. The number of carbonyl (C=O) groups excluding carboxylic acids is 1. The third-order valence-corrected chi connectivity index (χ3v) is 3.23. The molecule has 112 valence electrons. The lowest BCUT2D eigenvalue weighted by molar-refractivity contribution is 0.0792. The van der Waals surface area contributed by atoms with Gasteiger partial charge in [-0.2, -0.15) is 0 Å². The molecule has 1 aromatic heterocycles. The van der Waals surface area contributed by atoms with Crippen molar-refractivity contribution in [2.24, 2.45) is 0 Å². The number of pyridine rings is 1. The van der Waals surface area contributed by atoms with Crippen molar-refractivity contribution in [3.63, 3.8) is 0 Å². The molecule has 1 aromatic rings. The van der Waals surface area contributed by atoms with Gasteiger partial charge in [0.2, 0.25) is 0 Å². The van der Waals surface area contributed by atoms with Gasteiger partial charge in [0.1, 0.15) is 11.0 Å². The van der Waals surface area contributed by atoms with Crippen LogP contribution in [0.4, 0.5) is 5.82 Å². The van der Waals surface area contributed by atoms with Crippen LogP contribution in [0.2, 0.25) is 5.15 Å². The SMILES string of the molecule is CCCCCN(C)C(=O)c1cc(Cl)nc(NCCC)c1. The molecule has 0 aliphatic heterocycles. The summed E-state index contributed by atoms with van der Waals surface area (Å²) in [5.74, 6) is 0.648. The molecule has 0 bridgehead atoms. The first-order valence-electron chi connectivity index (χ1n) is 7.25. The Morgan fingerprint density at radius 3 is 2.70 bits per heavy atom. The summed E-state index contributed by atoms with van der Waals surface area (Å²) >= 11 is 5.98. The van der Waals surface area contributed by atoms with Crippen molar-refractivity contribution in [3.8, 4) is 0 Å². The Balaban J connectivity index is 2.73. The highest BCUT2D eigenvalue weighted by atomic mass is 35.5. The minimum Gasteiger partial charge on any atom is -0.370 e. The van der Waals surface area contributed by atoms with Gasteiger partial charge in [-0.3, -0.25) is 4.79 Å². The average Bonchev–Trinajstić information content (AvgIpc) is 2.43. The van der Waals surface area contributed by atoms with Crippen molar-refractivity contribution in [1.29, 1.82) is 0 Å². The molecule has 0 atom stereocenters. The van der Waals surface area contributed by atoms with E-state index < -0.39 is 0 Å². The van der Waals surface area contributed by atoms with Gasteiger partial charge in [-0.25, -0.2) is 4.98 Å². The molecule has 5 heteroatoms. The van der Waals surface area contributed by atoms with E-state index in [1.54, 1.807) is 17.0 Å². The zero-order valence-corrected chi connectivity index (χ0v) is 13.3. The Labute approximate surface area is 126 Å². The molecule has 0 fully saturated rings. The number of carbonyl (C=O) groups is 1. The van der Waals surface area contributed by atoms with Crippen LogP contribution < -0.4 is 5.32 Å². The van der Waals surface area contributed by atoms with E-state index in [-0.39, 0.29) is 5.91 Å². The summed E-state index contributed by atoms with van der Waals surface area (Å²) in [6.07, 6.45) is 4.30. The van der Waals surface area contributed by atoms with Crippen LogP contribution in [0.3, 0.4) is 0 Å². The molecule has 1 amide bonds. The molecule has 0 saturated carbocycles. The topological polar surface area (TPSA) is 45.2 Å². The third-order valence-electron chi connectivity index (χ3n) is 3.04. The number of anilines is 1. The molecular weight excluding hydrogens is 274 g/mol. The number of rotatable bonds is 8. The van der Waals surface area contributed by atoms with E-state index in [1.807, 2.05) is 7.05 Å². The number of aromatic nitrogens is 1. The normalized spacial score (nSPS) is 10.4. The second-order valence-corrected chi connectivity index (χ2v) is 5.31. The first-order valence-corrected chi connectivity index (χ1v) is 7.63. The maximum absolute atomic E-state index is 12.3. The molecule has 0 spiro atoms. The van der Waals surface area contributed by atoms with Gasteiger partial charge in [0.05, 0.1) is 0 Å². The Kier molecular flexibility index (Phi) is 7.37. The van der Waals surface area contributed by atoms with E-state index in [9.17, 15) is 4.79 Å². The Morgan fingerprint density at radius 1 is 1.30 bits per heavy atom. The number of nitrogens with zero attached hydrogens (tertiary/aromatic N) is 2. The van der Waals surface area contributed by atoms with Crippen LogP contribution in [0.1, 0.15) is 49.9 Å². The Morgan fingerprint density at radius 2 is 2.05 bits per heavy atom. The fourth-order valence-corrected chi connectivity index (χ4v) is 2.09. The number of amides is 1. The number of unbranched alkanes of at least 4 members (excludes halogenated alkanes) is 2. The predicted octanol–water partition coefficient (Wildman–Crippen LogP) is 3.82. The van der Waals surface area contributed by atoms with E-state index >= 15 is 0 Å². The molecule has 0 saturated heterocycles. The fraction of sp³-hybridized carbons (Fsp3) is 0.600. The summed E-state index contributed by atoms with van der Waals surface area (Å²) in [4.78, 5) is 18.2. The van der Waals surface area contributed by atoms with Crippen molar-refractivity contribution in [1.82, 2.24) is 9.88 Å². The molecule has 1 N–H and O–H groups in total. The Bertz CT molecular complexity index is 437. The number of hydrogen-bond donors (Lipinski definition) is 1. The molecule has 0 aliphatic carbocycles. The van der Waals surface area contributed by atoms with Crippen molar-refractivity contribution < 1.29 is 4.79 Å². The summed E-state index contributed by atoms with van der Waals surface area (Å²) in [6.45, 7) is 5.80. The van der Waals surface area contributed by atoms with Gasteiger partial charge in [-0.05, 0) is 25.0 Å². The van der Waals surface area contributed by atoms with Crippen molar-refractivity contribution in [2.45, 2.75) is 39.5 Å². The van der Waals surface area contributed by atoms with Crippen LogP contribution in [-0.4, -0.2) is 35.9 Å². The van der Waals surface area contributed by atoms with Crippen LogP contribution in [0.5, 0.6) is 0 Å². The summed E-state index contributed by atoms with van der Waals surface area (Å²) in [5, 5.41) is 3.50. The minimum absolute atomic E-state index is 0.00930. The van der Waals surface area contributed by atoms with Gasteiger partial charge in [0, 0.05) is 25.7 Å². The van der Waals surface area contributed by atoms with E-state index in [0.717, 1.165) is 38.8 Å². The summed E-state index contributed by atoms with van der Waals surface area (Å²) in [6, 6.07) is 3.39. The largest absolute Gasteiger partial charge is 0.370 e. The quantitative estimate of drug-likeness (QED) is 0.586. The highest BCUT2D eigenvalue weighted by Gasteiger charge is 2.13. The van der Waals surface area contributed by atoms with Crippen LogP contribution in [0, 0.1) is 0 Å². The third kappa shape index (κ3) is 5.37. The van der Waals surface area contributed by atoms with E-state index in [0.29, 0.717) is 16.5 Å². The molecule has 4 nitrogen and oxygen atoms in total. The summed E-state index contributed by atoms with van der Waals surface area (Å²) in [7, 11) is 1.82. The zero-order chi connectivity index (χ0) is 15.0. The monoisotopic (exact) mass is 297 g/mol. The van der Waals surface area contributed by atoms with Crippen molar-refractivity contribution in [3.05, 3.63) is 22.8 Å². The molecule has 1 rings (SSSR count). The highest BCUT2D eigenvalue weighted by Crippen LogP contribution is 2.16. The molecule has 0 aliphatic rings. The number of hydrogen-bond acceptors (Lipinski definition) is 3. The van der Waals surface area contributed by atoms with Crippen LogP contribution >= 0.6 is 11.6 Å². The van der Waals surface area contributed by atoms with Crippen molar-refractivity contribution >= 4 is 23.3 Å². The lowest BCUT2D eigenvalue weighted by atomic mass is 10.2. The maximum Gasteiger partial charge on any atom is 0.253 e. The second-order valence-electron chi connectivity index (χ2n) is 4.92. The summed E-state index contributed by atoms with van der Waals surface area (Å²) < 4.78 is 0. The lowest BCUT2D eigenvalue weighted by Gasteiger charge is -2.17. The van der Waals surface area contributed by atoms with Gasteiger partial charge in [0.25, 0.3) is 5.91 Å². The standard InChI is InChI=1S/C15H24ClN3O/c1-4-6-7-9-19(3)15(20)12-10-13(16)18-14(11-12)17-8-5-2/h10-11H,4-9H2,1-3H3,(H,17,18). The van der Waals surface area contributed by atoms with Gasteiger partial charge in [-0.1, -0.05) is 38.3 Å². The van der Waals surface area contributed by atoms with Gasteiger partial charge >= 0.3 is 0 Å².